The Balaban J connectivity index is 2.23. The van der Waals surface area contributed by atoms with Crippen LogP contribution in [0.15, 0.2) is 48.5 Å². The van der Waals surface area contributed by atoms with E-state index in [1.807, 2.05) is 43.3 Å². The van der Waals surface area contributed by atoms with Crippen molar-refractivity contribution in [2.45, 2.75) is 13.3 Å². The maximum atomic E-state index is 11.6. The van der Waals surface area contributed by atoms with Gasteiger partial charge in [0.2, 0.25) is 0 Å². The lowest BCUT2D eigenvalue weighted by molar-refractivity contribution is 0.0988. The zero-order valence-corrected chi connectivity index (χ0v) is 10.3. The van der Waals surface area contributed by atoms with Gasteiger partial charge in [0.15, 0.2) is 5.78 Å². The highest BCUT2D eigenvalue weighted by molar-refractivity contribution is 5.97. The van der Waals surface area contributed by atoms with E-state index in [9.17, 15) is 4.79 Å². The Bertz CT molecular complexity index is 550. The monoisotopic (exact) mass is 240 g/mol. The molecule has 0 bridgehead atoms. The van der Waals surface area contributed by atoms with E-state index in [4.69, 9.17) is 5.73 Å². The zero-order chi connectivity index (χ0) is 13.0. The van der Waals surface area contributed by atoms with Gasteiger partial charge in [0.25, 0.3) is 0 Å². The third-order valence-corrected chi connectivity index (χ3v) is 2.75. The first-order valence-corrected chi connectivity index (χ1v) is 5.95. The van der Waals surface area contributed by atoms with Crippen molar-refractivity contribution < 1.29 is 4.79 Å². The third kappa shape index (κ3) is 2.69. The van der Waals surface area contributed by atoms with Crippen molar-refractivity contribution in [3.63, 3.8) is 0 Å². The van der Waals surface area contributed by atoms with Crippen LogP contribution in [0.1, 0.15) is 23.7 Å². The summed E-state index contributed by atoms with van der Waals surface area (Å²) in [5, 5.41) is 3.22. The summed E-state index contributed by atoms with van der Waals surface area (Å²) in [6.07, 6.45) is 0.491. The predicted molar refractivity (Wildman–Crippen MR) is 75.2 cm³/mol. The fourth-order valence-corrected chi connectivity index (χ4v) is 1.73. The summed E-state index contributed by atoms with van der Waals surface area (Å²) in [6, 6.07) is 15.1. The zero-order valence-electron chi connectivity index (χ0n) is 10.3. The molecule has 0 fully saturated rings. The molecule has 2 aromatic carbocycles. The SMILES string of the molecule is CCC(=O)c1ccc(Nc2ccccc2)c(N)c1. The van der Waals surface area contributed by atoms with Crippen molar-refractivity contribution in [3.8, 4) is 0 Å². The average molecular weight is 240 g/mol. The number of para-hydroxylation sites is 1. The summed E-state index contributed by atoms with van der Waals surface area (Å²) in [6.45, 7) is 1.84. The van der Waals surface area contributed by atoms with Gasteiger partial charge in [-0.15, -0.1) is 0 Å². The van der Waals surface area contributed by atoms with Gasteiger partial charge in [0, 0.05) is 17.7 Å². The van der Waals surface area contributed by atoms with E-state index in [0.29, 0.717) is 17.7 Å². The second kappa shape index (κ2) is 5.36. The summed E-state index contributed by atoms with van der Waals surface area (Å²) in [7, 11) is 0. The molecule has 0 aliphatic carbocycles. The number of hydrogen-bond acceptors (Lipinski definition) is 3. The topological polar surface area (TPSA) is 55.1 Å². The number of carbonyl (C=O) groups excluding carboxylic acids is 1. The van der Waals surface area contributed by atoms with Gasteiger partial charge in [-0.25, -0.2) is 0 Å². The number of ketones is 1. The molecule has 2 aromatic rings. The number of nitrogens with one attached hydrogen (secondary N) is 1. The smallest absolute Gasteiger partial charge is 0.162 e. The Hall–Kier alpha value is -2.29. The molecule has 92 valence electrons. The Morgan fingerprint density at radius 3 is 2.50 bits per heavy atom. The molecular weight excluding hydrogens is 224 g/mol. The van der Waals surface area contributed by atoms with E-state index in [-0.39, 0.29) is 5.78 Å². The van der Waals surface area contributed by atoms with Gasteiger partial charge < -0.3 is 11.1 Å². The van der Waals surface area contributed by atoms with Crippen molar-refractivity contribution >= 4 is 22.8 Å². The summed E-state index contributed by atoms with van der Waals surface area (Å²) < 4.78 is 0. The minimum Gasteiger partial charge on any atom is -0.397 e. The lowest BCUT2D eigenvalue weighted by atomic mass is 10.1. The highest BCUT2D eigenvalue weighted by Gasteiger charge is 2.06. The lowest BCUT2D eigenvalue weighted by Crippen LogP contribution is -2.01. The van der Waals surface area contributed by atoms with Crippen LogP contribution in [0, 0.1) is 0 Å². The Morgan fingerprint density at radius 2 is 1.89 bits per heavy atom. The van der Waals surface area contributed by atoms with Crippen LogP contribution in [0.5, 0.6) is 0 Å². The van der Waals surface area contributed by atoms with Crippen LogP contribution in [0.3, 0.4) is 0 Å². The van der Waals surface area contributed by atoms with Crippen LogP contribution in [-0.4, -0.2) is 5.78 Å². The maximum absolute atomic E-state index is 11.6. The first-order valence-electron chi connectivity index (χ1n) is 5.95. The van der Waals surface area contributed by atoms with Crippen molar-refractivity contribution in [2.75, 3.05) is 11.1 Å². The molecule has 0 saturated heterocycles. The summed E-state index contributed by atoms with van der Waals surface area (Å²) >= 11 is 0. The average Bonchev–Trinajstić information content (AvgIpc) is 2.41. The van der Waals surface area contributed by atoms with E-state index in [1.165, 1.54) is 0 Å². The summed E-state index contributed by atoms with van der Waals surface area (Å²) in [4.78, 5) is 11.6. The molecular formula is C15H16N2O. The van der Waals surface area contributed by atoms with E-state index in [1.54, 1.807) is 12.1 Å². The van der Waals surface area contributed by atoms with E-state index < -0.39 is 0 Å². The van der Waals surface area contributed by atoms with Gasteiger partial charge in [-0.1, -0.05) is 25.1 Å². The quantitative estimate of drug-likeness (QED) is 0.634. The molecule has 3 nitrogen and oxygen atoms in total. The molecule has 18 heavy (non-hydrogen) atoms. The Kier molecular flexibility index (Phi) is 3.63. The second-order valence-corrected chi connectivity index (χ2v) is 4.07. The molecule has 0 aromatic heterocycles. The first-order chi connectivity index (χ1) is 8.70. The first kappa shape index (κ1) is 12.2. The molecule has 0 aliphatic heterocycles. The van der Waals surface area contributed by atoms with E-state index >= 15 is 0 Å². The Labute approximate surface area is 107 Å². The Morgan fingerprint density at radius 1 is 1.17 bits per heavy atom. The highest BCUT2D eigenvalue weighted by atomic mass is 16.1. The van der Waals surface area contributed by atoms with Crippen LogP contribution in [0.25, 0.3) is 0 Å². The molecule has 0 saturated carbocycles. The molecule has 0 atom stereocenters. The normalized spacial score (nSPS) is 10.1. The summed E-state index contributed by atoms with van der Waals surface area (Å²) in [5.74, 6) is 0.105. The number of nitrogen functional groups attached to an aromatic ring is 1. The van der Waals surface area contributed by atoms with Crippen LogP contribution >= 0.6 is 0 Å². The number of Topliss-reactive ketones (excluding diaryl/α,β-unsaturated/α-hetero) is 1. The van der Waals surface area contributed by atoms with Crippen molar-refractivity contribution in [1.82, 2.24) is 0 Å². The standard InChI is InChI=1S/C15H16N2O/c1-2-15(18)11-8-9-14(13(16)10-11)17-12-6-4-3-5-7-12/h3-10,17H,2,16H2,1H3. The van der Waals surface area contributed by atoms with Crippen molar-refractivity contribution in [1.29, 1.82) is 0 Å². The minimum absolute atomic E-state index is 0.105. The fraction of sp³-hybridized carbons (Fsp3) is 0.133. The van der Waals surface area contributed by atoms with Crippen LogP contribution in [0.4, 0.5) is 17.1 Å². The van der Waals surface area contributed by atoms with Gasteiger partial charge in [0.1, 0.15) is 0 Å². The molecule has 0 aliphatic rings. The molecule has 3 N–H and O–H groups in total. The van der Waals surface area contributed by atoms with Crippen LogP contribution < -0.4 is 11.1 Å². The fourth-order valence-electron chi connectivity index (χ4n) is 1.73. The molecule has 0 radical (unpaired) electrons. The largest absolute Gasteiger partial charge is 0.397 e. The molecule has 2 rings (SSSR count). The van der Waals surface area contributed by atoms with Crippen LogP contribution in [0.2, 0.25) is 0 Å². The number of carbonyl (C=O) groups is 1. The van der Waals surface area contributed by atoms with Crippen LogP contribution in [-0.2, 0) is 0 Å². The van der Waals surface area contributed by atoms with Crippen molar-refractivity contribution in [2.24, 2.45) is 0 Å². The lowest BCUT2D eigenvalue weighted by Gasteiger charge is -2.10. The predicted octanol–water partition coefficient (Wildman–Crippen LogP) is 3.61. The minimum atomic E-state index is 0.105. The third-order valence-electron chi connectivity index (χ3n) is 2.75. The number of benzene rings is 2. The van der Waals surface area contributed by atoms with Gasteiger partial charge in [-0.2, -0.15) is 0 Å². The number of rotatable bonds is 4. The molecule has 0 heterocycles. The van der Waals surface area contributed by atoms with Gasteiger partial charge >= 0.3 is 0 Å². The number of nitrogens with two attached hydrogens (primary N) is 1. The number of anilines is 3. The second-order valence-electron chi connectivity index (χ2n) is 4.07. The van der Waals surface area contributed by atoms with Gasteiger partial charge in [-0.3, -0.25) is 4.79 Å². The molecule has 0 spiro atoms. The highest BCUT2D eigenvalue weighted by Crippen LogP contribution is 2.24. The molecule has 0 unspecified atom stereocenters. The van der Waals surface area contributed by atoms with Gasteiger partial charge in [0.05, 0.1) is 11.4 Å². The van der Waals surface area contributed by atoms with Gasteiger partial charge in [-0.05, 0) is 30.3 Å². The molecule has 3 heteroatoms. The van der Waals surface area contributed by atoms with Crippen molar-refractivity contribution in [3.05, 3.63) is 54.1 Å². The summed E-state index contributed by atoms with van der Waals surface area (Å²) in [5.41, 5.74) is 8.97. The molecule has 0 amide bonds. The number of hydrogen-bond donors (Lipinski definition) is 2. The van der Waals surface area contributed by atoms with E-state index in [2.05, 4.69) is 5.32 Å². The van der Waals surface area contributed by atoms with E-state index in [0.717, 1.165) is 11.4 Å². The maximum Gasteiger partial charge on any atom is 0.162 e.